The molecule has 1 fully saturated rings. The molecule has 1 aliphatic heterocycles. The SMILES string of the molecule is OCC1(CCc2ccccc2)CCCN(CCCC(F)(F)F)C1. The minimum absolute atomic E-state index is 0.107. The average molecular weight is 329 g/mol. The molecule has 2 rings (SSSR count). The van der Waals surface area contributed by atoms with E-state index in [9.17, 15) is 18.3 Å². The van der Waals surface area contributed by atoms with Gasteiger partial charge in [-0.3, -0.25) is 0 Å². The van der Waals surface area contributed by atoms with Crippen LogP contribution in [0.1, 0.15) is 37.7 Å². The summed E-state index contributed by atoms with van der Waals surface area (Å²) in [6, 6.07) is 10.1. The highest BCUT2D eigenvalue weighted by Crippen LogP contribution is 2.34. The minimum Gasteiger partial charge on any atom is -0.396 e. The fourth-order valence-corrected chi connectivity index (χ4v) is 3.47. The Morgan fingerprint density at radius 1 is 1.17 bits per heavy atom. The molecule has 130 valence electrons. The van der Waals surface area contributed by atoms with Crippen molar-refractivity contribution >= 4 is 0 Å². The summed E-state index contributed by atoms with van der Waals surface area (Å²) in [7, 11) is 0. The molecule has 1 aromatic rings. The van der Waals surface area contributed by atoms with Crippen LogP contribution < -0.4 is 0 Å². The van der Waals surface area contributed by atoms with Crippen molar-refractivity contribution in [3.8, 4) is 0 Å². The van der Waals surface area contributed by atoms with Gasteiger partial charge in [-0.2, -0.15) is 13.2 Å². The van der Waals surface area contributed by atoms with Crippen LogP contribution in [-0.2, 0) is 6.42 Å². The molecule has 0 radical (unpaired) electrons. The third kappa shape index (κ3) is 6.15. The maximum Gasteiger partial charge on any atom is 0.389 e. The topological polar surface area (TPSA) is 23.5 Å². The molecule has 1 aromatic carbocycles. The van der Waals surface area contributed by atoms with E-state index in [0.29, 0.717) is 13.1 Å². The van der Waals surface area contributed by atoms with Crippen molar-refractivity contribution in [3.05, 3.63) is 35.9 Å². The number of nitrogens with zero attached hydrogens (tertiary/aromatic N) is 1. The number of piperidine rings is 1. The molecule has 23 heavy (non-hydrogen) atoms. The number of hydrogen-bond donors (Lipinski definition) is 1. The Kier molecular flexibility index (Phi) is 6.48. The number of rotatable bonds is 7. The first-order chi connectivity index (χ1) is 10.9. The highest BCUT2D eigenvalue weighted by molar-refractivity contribution is 5.15. The van der Waals surface area contributed by atoms with Crippen LogP contribution in [0.3, 0.4) is 0 Å². The highest BCUT2D eigenvalue weighted by Gasteiger charge is 2.35. The molecule has 0 spiro atoms. The molecule has 0 saturated carbocycles. The van der Waals surface area contributed by atoms with E-state index in [2.05, 4.69) is 17.0 Å². The third-order valence-corrected chi connectivity index (χ3v) is 4.80. The summed E-state index contributed by atoms with van der Waals surface area (Å²) < 4.78 is 36.8. The zero-order valence-electron chi connectivity index (χ0n) is 13.5. The van der Waals surface area contributed by atoms with Gasteiger partial charge in [-0.1, -0.05) is 30.3 Å². The van der Waals surface area contributed by atoms with Crippen LogP contribution >= 0.6 is 0 Å². The fraction of sp³-hybridized carbons (Fsp3) is 0.667. The van der Waals surface area contributed by atoms with Gasteiger partial charge in [0.15, 0.2) is 0 Å². The Morgan fingerprint density at radius 3 is 2.57 bits per heavy atom. The molecule has 0 aliphatic carbocycles. The van der Waals surface area contributed by atoms with Crippen molar-refractivity contribution in [1.29, 1.82) is 0 Å². The van der Waals surface area contributed by atoms with Crippen molar-refractivity contribution in [3.63, 3.8) is 0 Å². The third-order valence-electron chi connectivity index (χ3n) is 4.80. The van der Waals surface area contributed by atoms with E-state index < -0.39 is 12.6 Å². The molecule has 1 unspecified atom stereocenters. The van der Waals surface area contributed by atoms with E-state index in [1.807, 2.05) is 18.2 Å². The molecule has 5 heteroatoms. The Hall–Kier alpha value is -1.07. The van der Waals surface area contributed by atoms with Crippen molar-refractivity contribution in [1.82, 2.24) is 4.90 Å². The van der Waals surface area contributed by atoms with Crippen molar-refractivity contribution in [2.24, 2.45) is 5.41 Å². The Balaban J connectivity index is 1.85. The van der Waals surface area contributed by atoms with Crippen LogP contribution in [0.25, 0.3) is 0 Å². The molecular weight excluding hydrogens is 303 g/mol. The largest absolute Gasteiger partial charge is 0.396 e. The number of aryl methyl sites for hydroxylation is 1. The number of aliphatic hydroxyl groups excluding tert-OH is 1. The predicted molar refractivity (Wildman–Crippen MR) is 85.2 cm³/mol. The number of benzene rings is 1. The normalized spacial score (nSPS) is 23.1. The van der Waals surface area contributed by atoms with Gasteiger partial charge in [0.1, 0.15) is 0 Å². The lowest BCUT2D eigenvalue weighted by Gasteiger charge is -2.42. The number of likely N-dealkylation sites (tertiary alicyclic amines) is 1. The second-order valence-corrected chi connectivity index (χ2v) is 6.74. The molecule has 1 heterocycles. The molecule has 0 amide bonds. The zero-order chi connectivity index (χ0) is 16.8. The summed E-state index contributed by atoms with van der Waals surface area (Å²) >= 11 is 0. The average Bonchev–Trinajstić information content (AvgIpc) is 2.53. The molecule has 1 saturated heterocycles. The maximum atomic E-state index is 12.3. The van der Waals surface area contributed by atoms with Gasteiger partial charge in [0, 0.05) is 25.0 Å². The fourth-order valence-electron chi connectivity index (χ4n) is 3.47. The lowest BCUT2D eigenvalue weighted by molar-refractivity contribution is -0.136. The summed E-state index contributed by atoms with van der Waals surface area (Å²) in [5.74, 6) is 0. The van der Waals surface area contributed by atoms with Crippen LogP contribution in [-0.4, -0.2) is 42.4 Å². The van der Waals surface area contributed by atoms with E-state index in [-0.39, 0.29) is 18.4 Å². The van der Waals surface area contributed by atoms with Gasteiger partial charge in [0.2, 0.25) is 0 Å². The highest BCUT2D eigenvalue weighted by atomic mass is 19.4. The Bertz CT molecular complexity index is 463. The van der Waals surface area contributed by atoms with Gasteiger partial charge in [-0.15, -0.1) is 0 Å². The number of halogens is 3. The Morgan fingerprint density at radius 2 is 1.91 bits per heavy atom. The molecular formula is C18H26F3NO. The van der Waals surface area contributed by atoms with E-state index in [4.69, 9.17) is 0 Å². The van der Waals surface area contributed by atoms with Crippen molar-refractivity contribution < 1.29 is 18.3 Å². The summed E-state index contributed by atoms with van der Waals surface area (Å²) in [6.07, 6.45) is -0.977. The lowest BCUT2D eigenvalue weighted by Crippen LogP contribution is -2.46. The number of alkyl halides is 3. The molecule has 2 nitrogen and oxygen atoms in total. The van der Waals surface area contributed by atoms with Gasteiger partial charge in [0.05, 0.1) is 0 Å². The van der Waals surface area contributed by atoms with Crippen LogP contribution in [0.15, 0.2) is 30.3 Å². The van der Waals surface area contributed by atoms with Gasteiger partial charge < -0.3 is 10.0 Å². The van der Waals surface area contributed by atoms with E-state index in [1.165, 1.54) is 5.56 Å². The predicted octanol–water partition coefficient (Wildman–Crippen LogP) is 4.04. The smallest absolute Gasteiger partial charge is 0.389 e. The number of hydrogen-bond acceptors (Lipinski definition) is 2. The van der Waals surface area contributed by atoms with Crippen LogP contribution in [0, 0.1) is 5.41 Å². The molecule has 0 aromatic heterocycles. The molecule has 1 aliphatic rings. The minimum atomic E-state index is -4.07. The first-order valence-electron chi connectivity index (χ1n) is 8.36. The summed E-state index contributed by atoms with van der Waals surface area (Å²) in [4.78, 5) is 2.09. The van der Waals surface area contributed by atoms with Crippen molar-refractivity contribution in [2.75, 3.05) is 26.2 Å². The summed E-state index contributed by atoms with van der Waals surface area (Å²) in [6.45, 7) is 2.11. The second-order valence-electron chi connectivity index (χ2n) is 6.74. The summed E-state index contributed by atoms with van der Waals surface area (Å²) in [5, 5.41) is 9.89. The van der Waals surface area contributed by atoms with Crippen LogP contribution in [0.4, 0.5) is 13.2 Å². The second kappa shape index (κ2) is 8.15. The molecule has 0 bridgehead atoms. The summed E-state index contributed by atoms with van der Waals surface area (Å²) in [5.41, 5.74) is 1.07. The van der Waals surface area contributed by atoms with Gasteiger partial charge in [0.25, 0.3) is 0 Å². The van der Waals surface area contributed by atoms with Gasteiger partial charge in [-0.25, -0.2) is 0 Å². The van der Waals surface area contributed by atoms with Crippen LogP contribution in [0.5, 0.6) is 0 Å². The van der Waals surface area contributed by atoms with E-state index in [1.54, 1.807) is 0 Å². The van der Waals surface area contributed by atoms with E-state index >= 15 is 0 Å². The monoisotopic (exact) mass is 329 g/mol. The molecule has 1 N–H and O–H groups in total. The van der Waals surface area contributed by atoms with Crippen LogP contribution in [0.2, 0.25) is 0 Å². The Labute approximate surface area is 136 Å². The maximum absolute atomic E-state index is 12.3. The molecule has 1 atom stereocenters. The number of aliphatic hydroxyl groups is 1. The van der Waals surface area contributed by atoms with Crippen molar-refractivity contribution in [2.45, 2.75) is 44.7 Å². The quantitative estimate of drug-likeness (QED) is 0.816. The first-order valence-corrected chi connectivity index (χ1v) is 8.36. The standard InChI is InChI=1S/C18H26F3NO/c19-18(20,21)10-5-13-22-12-4-9-17(14-22,15-23)11-8-16-6-2-1-3-7-16/h1-3,6-7,23H,4-5,8-15H2. The lowest BCUT2D eigenvalue weighted by atomic mass is 9.76. The first kappa shape index (κ1) is 18.3. The van der Waals surface area contributed by atoms with E-state index in [0.717, 1.165) is 32.2 Å². The van der Waals surface area contributed by atoms with Gasteiger partial charge >= 0.3 is 6.18 Å². The zero-order valence-corrected chi connectivity index (χ0v) is 13.5. The van der Waals surface area contributed by atoms with Gasteiger partial charge in [-0.05, 0) is 50.8 Å².